The number of H-pyrrole nitrogens is 1. The number of rotatable bonds is 3. The maximum atomic E-state index is 13.4. The van der Waals surface area contributed by atoms with Crippen LogP contribution in [0.3, 0.4) is 0 Å². The van der Waals surface area contributed by atoms with Crippen molar-refractivity contribution in [2.24, 2.45) is 5.41 Å². The van der Waals surface area contributed by atoms with Crippen molar-refractivity contribution < 1.29 is 24.5 Å². The second-order valence-electron chi connectivity index (χ2n) is 10.8. The highest BCUT2D eigenvalue weighted by atomic mass is 16.5. The number of nitrogens with one attached hydrogen (secondary N) is 1. The zero-order valence-corrected chi connectivity index (χ0v) is 22.2. The summed E-state index contributed by atoms with van der Waals surface area (Å²) in [5.41, 5.74) is 2.68. The molecule has 39 heavy (non-hydrogen) atoms. The molecule has 0 saturated carbocycles. The third kappa shape index (κ3) is 6.46. The summed E-state index contributed by atoms with van der Waals surface area (Å²) in [5.74, 6) is -0.424. The highest BCUT2D eigenvalue weighted by Crippen LogP contribution is 2.38. The van der Waals surface area contributed by atoms with Crippen LogP contribution in [0, 0.1) is 5.41 Å². The molecule has 2 aromatic heterocycles. The van der Waals surface area contributed by atoms with E-state index in [0.717, 1.165) is 43.5 Å². The number of aromatic nitrogens is 3. The fourth-order valence-corrected chi connectivity index (χ4v) is 5.68. The summed E-state index contributed by atoms with van der Waals surface area (Å²) < 4.78 is 5.60. The molecular weight excluding hydrogens is 498 g/mol. The zero-order chi connectivity index (χ0) is 27.2. The lowest BCUT2D eigenvalue weighted by Crippen LogP contribution is -2.45. The number of hydrogen-bond acceptors (Lipinski definition) is 8. The molecule has 208 valence electrons. The van der Waals surface area contributed by atoms with E-state index in [1.807, 2.05) is 18.2 Å². The minimum Gasteiger partial charge on any atom is -0.462 e. The van der Waals surface area contributed by atoms with E-state index in [0.29, 0.717) is 37.9 Å². The number of imidazole rings is 1. The number of likely N-dealkylation sites (tertiary alicyclic amines) is 1. The number of nitrogens with zero attached hydrogens (tertiary/aromatic N) is 4. The van der Waals surface area contributed by atoms with Crippen LogP contribution in [-0.2, 0) is 16.1 Å². The Hall–Kier alpha value is -3.34. The molecule has 0 radical (unpaired) electrons. The number of cyclic esters (lactones) is 1. The minimum atomic E-state index is -1.21. The third-order valence-corrected chi connectivity index (χ3v) is 8.21. The van der Waals surface area contributed by atoms with Crippen molar-refractivity contribution >= 4 is 22.9 Å². The molecule has 0 unspecified atom stereocenters. The van der Waals surface area contributed by atoms with Crippen LogP contribution in [0.15, 0.2) is 49.1 Å². The molecule has 0 bridgehead atoms. The number of aromatic amines is 1. The van der Waals surface area contributed by atoms with Gasteiger partial charge in [-0.15, -0.1) is 0 Å². The summed E-state index contributed by atoms with van der Waals surface area (Å²) in [4.78, 5) is 42.2. The molecule has 3 N–H and O–H groups in total. The van der Waals surface area contributed by atoms with Crippen LogP contribution in [0.4, 0.5) is 0 Å². The average molecular weight is 536 g/mol. The number of carbonyl (C=O) groups is 2. The number of ether oxygens (including phenoxy) is 1. The lowest BCUT2D eigenvalue weighted by atomic mass is 9.74. The average Bonchev–Trinajstić information content (AvgIpc) is 3.44. The van der Waals surface area contributed by atoms with Crippen molar-refractivity contribution in [3.63, 3.8) is 0 Å². The van der Waals surface area contributed by atoms with Gasteiger partial charge in [-0.2, -0.15) is 0 Å². The van der Waals surface area contributed by atoms with Crippen molar-refractivity contribution in [3.05, 3.63) is 60.2 Å². The number of hydrogen-bond donors (Lipinski definition) is 3. The van der Waals surface area contributed by atoms with Gasteiger partial charge in [0.05, 0.1) is 28.9 Å². The first-order chi connectivity index (χ1) is 18.9. The molecule has 2 aliphatic rings. The summed E-state index contributed by atoms with van der Waals surface area (Å²) in [6.07, 6.45) is 6.54. The first-order valence-corrected chi connectivity index (χ1v) is 13.8. The summed E-state index contributed by atoms with van der Waals surface area (Å²) in [7, 11) is 0. The highest BCUT2D eigenvalue weighted by Gasteiger charge is 2.42. The van der Waals surface area contributed by atoms with E-state index in [4.69, 9.17) is 4.74 Å². The predicted octanol–water partition coefficient (Wildman–Crippen LogP) is 2.52. The number of carbonyl (C=O) groups excluding carboxylic acids is 2. The second-order valence-corrected chi connectivity index (χ2v) is 10.8. The molecule has 0 aliphatic carbocycles. The summed E-state index contributed by atoms with van der Waals surface area (Å²) in [5, 5.41) is 21.1. The van der Waals surface area contributed by atoms with Crippen LogP contribution in [0.25, 0.3) is 11.0 Å². The first-order valence-electron chi connectivity index (χ1n) is 13.8. The van der Waals surface area contributed by atoms with Crippen molar-refractivity contribution in [2.75, 3.05) is 32.8 Å². The monoisotopic (exact) mass is 535 g/mol. The quantitative estimate of drug-likeness (QED) is 0.436. The number of pyridine rings is 1. The topological polar surface area (TPSA) is 132 Å². The van der Waals surface area contributed by atoms with E-state index in [-0.39, 0.29) is 24.9 Å². The van der Waals surface area contributed by atoms with E-state index in [2.05, 4.69) is 19.9 Å². The van der Waals surface area contributed by atoms with Crippen LogP contribution in [0.2, 0.25) is 0 Å². The number of esters is 1. The second kappa shape index (κ2) is 12.2. The van der Waals surface area contributed by atoms with Crippen molar-refractivity contribution in [1.29, 1.82) is 0 Å². The van der Waals surface area contributed by atoms with Crippen LogP contribution in [0.5, 0.6) is 0 Å². The molecule has 10 nitrogen and oxygen atoms in total. The Morgan fingerprint density at radius 3 is 2.62 bits per heavy atom. The van der Waals surface area contributed by atoms with Gasteiger partial charge in [0.25, 0.3) is 5.91 Å². The van der Waals surface area contributed by atoms with Crippen molar-refractivity contribution in [2.45, 2.75) is 57.3 Å². The molecule has 2 atom stereocenters. The van der Waals surface area contributed by atoms with Crippen LogP contribution in [0.1, 0.15) is 54.4 Å². The van der Waals surface area contributed by atoms with E-state index in [1.165, 1.54) is 5.56 Å². The Morgan fingerprint density at radius 2 is 1.82 bits per heavy atom. The Bertz CT molecular complexity index is 1260. The molecule has 2 fully saturated rings. The normalized spacial score (nSPS) is 23.5. The lowest BCUT2D eigenvalue weighted by molar-refractivity contribution is -0.165. The van der Waals surface area contributed by atoms with Gasteiger partial charge in [0, 0.05) is 37.6 Å². The van der Waals surface area contributed by atoms with Crippen molar-refractivity contribution in [1.82, 2.24) is 24.8 Å². The predicted molar refractivity (Wildman–Crippen MR) is 145 cm³/mol. The van der Waals surface area contributed by atoms with Crippen LogP contribution < -0.4 is 0 Å². The number of aliphatic hydroxyl groups excluding tert-OH is 2. The molecule has 5 rings (SSSR count). The zero-order valence-electron chi connectivity index (χ0n) is 22.2. The number of aliphatic hydroxyl groups is 2. The van der Waals surface area contributed by atoms with Gasteiger partial charge in [0.15, 0.2) is 0 Å². The molecule has 1 amide bonds. The van der Waals surface area contributed by atoms with Gasteiger partial charge in [0.2, 0.25) is 0 Å². The Labute approximate surface area is 228 Å². The van der Waals surface area contributed by atoms with E-state index in [9.17, 15) is 19.8 Å². The maximum absolute atomic E-state index is 13.4. The smallest absolute Gasteiger partial charge is 0.312 e. The molecule has 4 heterocycles. The number of benzene rings is 1. The SMILES string of the molecule is O=C(c1ccc2nc[nH]c2c1)N1CCCCC2(CCN(Cc3ccncc3)CC2)C(=O)OC[C@@H](O)[C@@H](O)CC1. The molecule has 1 aromatic carbocycles. The molecule has 2 aliphatic heterocycles. The summed E-state index contributed by atoms with van der Waals surface area (Å²) in [6, 6.07) is 9.37. The molecule has 3 aromatic rings. The first kappa shape index (κ1) is 27.2. The fraction of sp³-hybridized carbons (Fsp3) is 0.517. The number of piperidine rings is 1. The van der Waals surface area contributed by atoms with E-state index >= 15 is 0 Å². The lowest BCUT2D eigenvalue weighted by Gasteiger charge is -2.40. The largest absolute Gasteiger partial charge is 0.462 e. The number of fused-ring (bicyclic) bond motifs is 1. The van der Waals surface area contributed by atoms with Gasteiger partial charge < -0.3 is 24.8 Å². The van der Waals surface area contributed by atoms with E-state index < -0.39 is 17.6 Å². The Kier molecular flexibility index (Phi) is 8.54. The van der Waals surface area contributed by atoms with Crippen LogP contribution in [-0.4, -0.2) is 91.8 Å². The van der Waals surface area contributed by atoms with Crippen LogP contribution >= 0.6 is 0 Å². The summed E-state index contributed by atoms with van der Waals surface area (Å²) >= 11 is 0. The molecule has 10 heteroatoms. The molecule has 1 spiro atoms. The van der Waals surface area contributed by atoms with E-state index in [1.54, 1.807) is 35.8 Å². The summed E-state index contributed by atoms with van der Waals surface area (Å²) in [6.45, 7) is 2.88. The van der Waals surface area contributed by atoms with Crippen molar-refractivity contribution in [3.8, 4) is 0 Å². The molecular formula is C29H37N5O5. The number of amides is 1. The van der Waals surface area contributed by atoms with Gasteiger partial charge in [0.1, 0.15) is 12.7 Å². The third-order valence-electron chi connectivity index (χ3n) is 8.21. The molecule has 2 saturated heterocycles. The Balaban J connectivity index is 1.27. The standard InChI is InChI=1S/C29H37N5O5/c35-25-7-14-34(27(37)22-3-4-23-24(17-22)32-20-31-23)13-2-1-8-29(28(38)39-19-26(25)36)9-15-33(16-10-29)18-21-5-11-30-12-6-21/h3-6,11-12,17,20,25-26,35-36H,1-2,7-10,13-16,18-19H2,(H,31,32)/t25-,26+/m0/s1. The van der Waals surface area contributed by atoms with Gasteiger partial charge in [-0.1, -0.05) is 6.42 Å². The minimum absolute atomic E-state index is 0.130. The Morgan fingerprint density at radius 1 is 1.03 bits per heavy atom. The highest BCUT2D eigenvalue weighted by molar-refractivity contribution is 5.97. The fourth-order valence-electron chi connectivity index (χ4n) is 5.68. The maximum Gasteiger partial charge on any atom is 0.312 e. The van der Waals surface area contributed by atoms with Gasteiger partial charge in [-0.25, -0.2) is 4.98 Å². The van der Waals surface area contributed by atoms with Gasteiger partial charge in [-0.05, 0) is 81.1 Å². The van der Waals surface area contributed by atoms with Gasteiger partial charge >= 0.3 is 5.97 Å². The van der Waals surface area contributed by atoms with Gasteiger partial charge in [-0.3, -0.25) is 19.5 Å².